The predicted molar refractivity (Wildman–Crippen MR) is 117 cm³/mol. The summed E-state index contributed by atoms with van der Waals surface area (Å²) >= 11 is 2.81. The zero-order valence-electron chi connectivity index (χ0n) is 16.1. The number of carbonyl (C=O) groups is 1. The van der Waals surface area contributed by atoms with Gasteiger partial charge in [-0.15, -0.1) is 22.7 Å². The number of rotatable bonds is 5. The van der Waals surface area contributed by atoms with Crippen molar-refractivity contribution in [2.24, 2.45) is 0 Å². The molecule has 4 rings (SSSR count). The molecule has 2 aromatic heterocycles. The van der Waals surface area contributed by atoms with E-state index in [2.05, 4.69) is 15.3 Å². The van der Waals surface area contributed by atoms with E-state index in [-0.39, 0.29) is 17.8 Å². The van der Waals surface area contributed by atoms with E-state index in [1.54, 1.807) is 32.2 Å². The van der Waals surface area contributed by atoms with E-state index in [4.69, 9.17) is 4.74 Å². The van der Waals surface area contributed by atoms with Gasteiger partial charge in [-0.25, -0.2) is 9.97 Å². The largest absolute Gasteiger partial charge is 0.507 e. The Morgan fingerprint density at radius 1 is 1.17 bits per heavy atom. The van der Waals surface area contributed by atoms with Crippen molar-refractivity contribution in [1.82, 2.24) is 9.97 Å². The Kier molecular flexibility index (Phi) is 5.31. The molecule has 4 aromatic rings. The highest BCUT2D eigenvalue weighted by Crippen LogP contribution is 2.37. The molecule has 0 saturated heterocycles. The number of hydrogen-bond donors (Lipinski definition) is 2. The third kappa shape index (κ3) is 3.87. The molecule has 0 radical (unpaired) electrons. The maximum Gasteiger partial charge on any atom is 0.267 e. The standard InChI is InChI=1S/C21H19N3O3S2/c1-11-18(29-20(22-11)12(2)27-3)19(26)23-13-8-9-16(25)14(10-13)21-24-15-6-4-5-7-17(15)28-21/h4-10,12,25H,1-3H3,(H,23,26)/t12-/m1/s1. The highest BCUT2D eigenvalue weighted by Gasteiger charge is 2.19. The van der Waals surface area contributed by atoms with Crippen LogP contribution in [0, 0.1) is 6.92 Å². The zero-order valence-corrected chi connectivity index (χ0v) is 17.7. The molecule has 2 heterocycles. The smallest absolute Gasteiger partial charge is 0.267 e. The molecule has 1 atom stereocenters. The van der Waals surface area contributed by atoms with Crippen molar-refractivity contribution in [3.63, 3.8) is 0 Å². The fourth-order valence-electron chi connectivity index (χ4n) is 2.86. The van der Waals surface area contributed by atoms with Gasteiger partial charge in [-0.3, -0.25) is 4.79 Å². The summed E-state index contributed by atoms with van der Waals surface area (Å²) in [6, 6.07) is 12.8. The van der Waals surface area contributed by atoms with Crippen LogP contribution in [0.1, 0.15) is 33.4 Å². The van der Waals surface area contributed by atoms with Gasteiger partial charge < -0.3 is 15.2 Å². The Morgan fingerprint density at radius 3 is 2.72 bits per heavy atom. The summed E-state index contributed by atoms with van der Waals surface area (Å²) < 4.78 is 6.33. The molecule has 0 bridgehead atoms. The number of benzene rings is 2. The van der Waals surface area contributed by atoms with E-state index in [9.17, 15) is 9.90 Å². The van der Waals surface area contributed by atoms with E-state index in [0.717, 1.165) is 15.2 Å². The average molecular weight is 426 g/mol. The molecule has 0 aliphatic carbocycles. The van der Waals surface area contributed by atoms with Gasteiger partial charge in [0.1, 0.15) is 26.7 Å². The lowest BCUT2D eigenvalue weighted by Crippen LogP contribution is -2.11. The number of aromatic nitrogens is 2. The van der Waals surface area contributed by atoms with Crippen LogP contribution in [0.25, 0.3) is 20.8 Å². The fraction of sp³-hybridized carbons (Fsp3) is 0.190. The van der Waals surface area contributed by atoms with Crippen LogP contribution in [-0.2, 0) is 4.74 Å². The maximum absolute atomic E-state index is 12.8. The second kappa shape index (κ2) is 7.90. The van der Waals surface area contributed by atoms with Crippen molar-refractivity contribution in [3.05, 3.63) is 58.0 Å². The second-order valence-electron chi connectivity index (χ2n) is 6.52. The maximum atomic E-state index is 12.8. The number of phenols is 1. The number of amides is 1. The number of aryl methyl sites for hydroxylation is 1. The van der Waals surface area contributed by atoms with Crippen LogP contribution in [0.15, 0.2) is 42.5 Å². The molecule has 0 spiro atoms. The number of fused-ring (bicyclic) bond motifs is 1. The summed E-state index contributed by atoms with van der Waals surface area (Å²) in [5.41, 5.74) is 2.70. The van der Waals surface area contributed by atoms with Gasteiger partial charge in [-0.05, 0) is 44.2 Å². The van der Waals surface area contributed by atoms with Crippen LogP contribution >= 0.6 is 22.7 Å². The van der Waals surface area contributed by atoms with Crippen molar-refractivity contribution in [1.29, 1.82) is 0 Å². The van der Waals surface area contributed by atoms with Crippen molar-refractivity contribution in [3.8, 4) is 16.3 Å². The third-order valence-electron chi connectivity index (χ3n) is 4.50. The third-order valence-corrected chi connectivity index (χ3v) is 6.89. The molecule has 2 N–H and O–H groups in total. The van der Waals surface area contributed by atoms with Crippen LogP contribution in [0.2, 0.25) is 0 Å². The van der Waals surface area contributed by atoms with Gasteiger partial charge in [0.25, 0.3) is 5.91 Å². The molecule has 2 aromatic carbocycles. The van der Waals surface area contributed by atoms with E-state index >= 15 is 0 Å². The minimum atomic E-state index is -0.240. The lowest BCUT2D eigenvalue weighted by atomic mass is 10.2. The Morgan fingerprint density at radius 2 is 1.97 bits per heavy atom. The highest BCUT2D eigenvalue weighted by atomic mass is 32.1. The molecule has 0 unspecified atom stereocenters. The van der Waals surface area contributed by atoms with Gasteiger partial charge in [-0.2, -0.15) is 0 Å². The second-order valence-corrected chi connectivity index (χ2v) is 8.58. The van der Waals surface area contributed by atoms with E-state index < -0.39 is 0 Å². The molecule has 0 saturated carbocycles. The van der Waals surface area contributed by atoms with Crippen LogP contribution in [0.3, 0.4) is 0 Å². The minimum Gasteiger partial charge on any atom is -0.507 e. The highest BCUT2D eigenvalue weighted by molar-refractivity contribution is 7.21. The van der Waals surface area contributed by atoms with Crippen LogP contribution in [0.5, 0.6) is 5.75 Å². The fourth-order valence-corrected chi connectivity index (χ4v) is 4.84. The summed E-state index contributed by atoms with van der Waals surface area (Å²) in [6.45, 7) is 3.70. The summed E-state index contributed by atoms with van der Waals surface area (Å²) in [5, 5.41) is 14.7. The predicted octanol–water partition coefficient (Wildman–Crippen LogP) is 5.39. The molecule has 0 aliphatic heterocycles. The van der Waals surface area contributed by atoms with Crippen molar-refractivity contribution >= 4 is 44.5 Å². The molecule has 148 valence electrons. The average Bonchev–Trinajstić information content (AvgIpc) is 3.32. The molecular weight excluding hydrogens is 406 g/mol. The molecular formula is C21H19N3O3S2. The summed E-state index contributed by atoms with van der Waals surface area (Å²) in [6.07, 6.45) is -0.167. The first-order valence-electron chi connectivity index (χ1n) is 8.96. The van der Waals surface area contributed by atoms with Gasteiger partial charge in [0, 0.05) is 12.8 Å². The number of nitrogens with one attached hydrogen (secondary N) is 1. The van der Waals surface area contributed by atoms with Gasteiger partial charge in [0.15, 0.2) is 0 Å². The lowest BCUT2D eigenvalue weighted by molar-refractivity contribution is 0.102. The molecule has 29 heavy (non-hydrogen) atoms. The van der Waals surface area contributed by atoms with Crippen LogP contribution in [0.4, 0.5) is 5.69 Å². The van der Waals surface area contributed by atoms with Gasteiger partial charge in [-0.1, -0.05) is 12.1 Å². The minimum absolute atomic E-state index is 0.118. The summed E-state index contributed by atoms with van der Waals surface area (Å²) in [7, 11) is 1.61. The van der Waals surface area contributed by atoms with Crippen molar-refractivity contribution in [2.45, 2.75) is 20.0 Å². The number of thiazole rings is 2. The number of aromatic hydroxyl groups is 1. The first-order chi connectivity index (χ1) is 14.0. The van der Waals surface area contributed by atoms with Gasteiger partial charge in [0.05, 0.1) is 21.5 Å². The quantitative estimate of drug-likeness (QED) is 0.419. The molecule has 6 nitrogen and oxygen atoms in total. The number of methoxy groups -OCH3 is 1. The Bertz CT molecular complexity index is 1170. The van der Waals surface area contributed by atoms with Crippen LogP contribution in [-0.4, -0.2) is 28.1 Å². The molecule has 1 amide bonds. The Hall–Kier alpha value is -2.81. The number of phenolic OH excluding ortho intramolecular Hbond substituents is 1. The van der Waals surface area contributed by atoms with E-state index in [1.165, 1.54) is 22.7 Å². The summed E-state index contributed by atoms with van der Waals surface area (Å²) in [5.74, 6) is -0.122. The number of para-hydroxylation sites is 1. The summed E-state index contributed by atoms with van der Waals surface area (Å²) in [4.78, 5) is 22.3. The monoisotopic (exact) mass is 425 g/mol. The van der Waals surface area contributed by atoms with E-state index in [1.807, 2.05) is 31.2 Å². The van der Waals surface area contributed by atoms with E-state index in [0.29, 0.717) is 26.8 Å². The Labute approximate surface area is 175 Å². The normalized spacial score (nSPS) is 12.2. The molecule has 0 fully saturated rings. The number of nitrogens with zero attached hydrogens (tertiary/aromatic N) is 2. The topological polar surface area (TPSA) is 84.3 Å². The van der Waals surface area contributed by atoms with Crippen LogP contribution < -0.4 is 5.32 Å². The number of carbonyl (C=O) groups excluding carboxylic acids is 1. The molecule has 0 aliphatic rings. The van der Waals surface area contributed by atoms with Gasteiger partial charge >= 0.3 is 0 Å². The first-order valence-corrected chi connectivity index (χ1v) is 10.6. The van der Waals surface area contributed by atoms with Crippen molar-refractivity contribution < 1.29 is 14.6 Å². The number of hydrogen-bond acceptors (Lipinski definition) is 7. The number of ether oxygens (including phenoxy) is 1. The lowest BCUT2D eigenvalue weighted by Gasteiger charge is -2.07. The first kappa shape index (κ1) is 19.5. The van der Waals surface area contributed by atoms with Gasteiger partial charge in [0.2, 0.25) is 0 Å². The SMILES string of the molecule is CO[C@H](C)c1nc(C)c(C(=O)Nc2ccc(O)c(-c3nc4ccccc4s3)c2)s1. The Balaban J connectivity index is 1.62. The molecule has 8 heteroatoms. The van der Waals surface area contributed by atoms with Crippen molar-refractivity contribution in [2.75, 3.05) is 12.4 Å². The number of anilines is 1. The zero-order chi connectivity index (χ0) is 20.5.